The molecule has 0 saturated carbocycles. The molecule has 0 aliphatic carbocycles. The average Bonchev–Trinajstić information content (AvgIpc) is 2.50. The van der Waals surface area contributed by atoms with Gasteiger partial charge in [-0.3, -0.25) is 4.79 Å². The van der Waals surface area contributed by atoms with Gasteiger partial charge in [-0.25, -0.2) is 4.98 Å². The molecule has 5 nitrogen and oxygen atoms in total. The van der Waals surface area contributed by atoms with Crippen LogP contribution in [0.2, 0.25) is 5.15 Å². The summed E-state index contributed by atoms with van der Waals surface area (Å²) in [5.41, 5.74) is 1.85. The van der Waals surface area contributed by atoms with Crippen LogP contribution in [0.4, 0.5) is 11.4 Å². The highest BCUT2D eigenvalue weighted by atomic mass is 79.9. The topological polar surface area (TPSA) is 63.2 Å². The third-order valence-electron chi connectivity index (χ3n) is 2.98. The fourth-order valence-corrected chi connectivity index (χ4v) is 2.49. The van der Waals surface area contributed by atoms with Crippen molar-refractivity contribution < 1.29 is 9.53 Å². The number of nitrogens with one attached hydrogen (secondary N) is 2. The van der Waals surface area contributed by atoms with Gasteiger partial charge in [-0.2, -0.15) is 0 Å². The van der Waals surface area contributed by atoms with E-state index in [1.165, 1.54) is 6.20 Å². The Balaban J connectivity index is 1.87. The van der Waals surface area contributed by atoms with E-state index in [9.17, 15) is 4.79 Å². The van der Waals surface area contributed by atoms with Crippen LogP contribution < -0.4 is 15.4 Å². The number of carbonyl (C=O) groups excluding carboxylic acids is 1. The average molecular weight is 369 g/mol. The maximum Gasteiger partial charge on any atom is 0.259 e. The summed E-state index contributed by atoms with van der Waals surface area (Å²) in [5, 5.41) is 6.32. The van der Waals surface area contributed by atoms with Crippen LogP contribution in [0, 0.1) is 0 Å². The first-order valence-electron chi connectivity index (χ1n) is 6.27. The zero-order chi connectivity index (χ0) is 14.8. The second-order valence-electron chi connectivity index (χ2n) is 4.41. The smallest absolute Gasteiger partial charge is 0.259 e. The molecule has 0 radical (unpaired) electrons. The zero-order valence-electron chi connectivity index (χ0n) is 10.8. The van der Waals surface area contributed by atoms with E-state index >= 15 is 0 Å². The maximum absolute atomic E-state index is 12.4. The molecular weight excluding hydrogens is 358 g/mol. The second-order valence-corrected chi connectivity index (χ2v) is 5.62. The number of amides is 1. The van der Waals surface area contributed by atoms with Crippen LogP contribution in [0.15, 0.2) is 34.9 Å². The summed E-state index contributed by atoms with van der Waals surface area (Å²) in [6.07, 6.45) is 1.50. The fourth-order valence-electron chi connectivity index (χ4n) is 2.04. The molecule has 0 atom stereocenters. The van der Waals surface area contributed by atoms with E-state index in [1.807, 2.05) is 12.1 Å². The largest absolute Gasteiger partial charge is 0.489 e. The summed E-state index contributed by atoms with van der Waals surface area (Å²) in [4.78, 5) is 16.4. The van der Waals surface area contributed by atoms with Crippen LogP contribution in [-0.2, 0) is 0 Å². The highest BCUT2D eigenvalue weighted by molar-refractivity contribution is 9.10. The lowest BCUT2D eigenvalue weighted by atomic mass is 10.1. The number of rotatable bonds is 2. The number of hydrogen-bond acceptors (Lipinski definition) is 4. The Kier molecular flexibility index (Phi) is 3.98. The number of fused-ring (bicyclic) bond motifs is 1. The standard InChI is InChI=1S/C14H11BrClN3O2/c15-10-6-8(7-18-13(10)16)19-14(20)9-2-1-3-11-12(9)21-5-4-17-11/h1-3,6-7,17H,4-5H2,(H,19,20). The van der Waals surface area contributed by atoms with Crippen molar-refractivity contribution in [1.82, 2.24) is 4.98 Å². The molecule has 0 bridgehead atoms. The molecule has 1 aromatic carbocycles. The van der Waals surface area contributed by atoms with Crippen molar-refractivity contribution in [1.29, 1.82) is 0 Å². The number of benzene rings is 1. The quantitative estimate of drug-likeness (QED) is 0.796. The molecule has 0 fully saturated rings. The summed E-state index contributed by atoms with van der Waals surface area (Å²) in [7, 11) is 0. The van der Waals surface area contributed by atoms with Gasteiger partial charge >= 0.3 is 0 Å². The third kappa shape index (κ3) is 2.96. The lowest BCUT2D eigenvalue weighted by Crippen LogP contribution is -2.21. The lowest BCUT2D eigenvalue weighted by Gasteiger charge is -2.21. The van der Waals surface area contributed by atoms with Gasteiger partial charge in [-0.15, -0.1) is 0 Å². The Hall–Kier alpha value is -1.79. The van der Waals surface area contributed by atoms with E-state index in [4.69, 9.17) is 16.3 Å². The number of ether oxygens (including phenoxy) is 1. The number of nitrogens with zero attached hydrogens (tertiary/aromatic N) is 1. The molecule has 2 N–H and O–H groups in total. The Labute approximate surface area is 134 Å². The van der Waals surface area contributed by atoms with Crippen molar-refractivity contribution in [3.05, 3.63) is 45.7 Å². The van der Waals surface area contributed by atoms with Crippen molar-refractivity contribution in [3.63, 3.8) is 0 Å². The number of aromatic nitrogens is 1. The molecule has 0 saturated heterocycles. The number of halogens is 2. The molecule has 108 valence electrons. The first-order chi connectivity index (χ1) is 10.1. The predicted octanol–water partition coefficient (Wildman–Crippen LogP) is 3.55. The van der Waals surface area contributed by atoms with Crippen LogP contribution in [0.3, 0.4) is 0 Å². The predicted molar refractivity (Wildman–Crippen MR) is 85.3 cm³/mol. The molecule has 2 heterocycles. The Morgan fingerprint density at radius 2 is 2.33 bits per heavy atom. The van der Waals surface area contributed by atoms with Crippen molar-refractivity contribution >= 4 is 44.8 Å². The number of para-hydroxylation sites is 1. The summed E-state index contributed by atoms with van der Waals surface area (Å²) in [6.45, 7) is 1.26. The van der Waals surface area contributed by atoms with E-state index in [0.717, 1.165) is 12.2 Å². The monoisotopic (exact) mass is 367 g/mol. The number of hydrogen-bond donors (Lipinski definition) is 2. The van der Waals surface area contributed by atoms with E-state index < -0.39 is 0 Å². The van der Waals surface area contributed by atoms with Crippen LogP contribution in [-0.4, -0.2) is 24.0 Å². The van der Waals surface area contributed by atoms with E-state index in [2.05, 4.69) is 31.5 Å². The van der Waals surface area contributed by atoms with Crippen molar-refractivity contribution in [2.45, 2.75) is 0 Å². The molecule has 7 heteroatoms. The molecule has 1 aliphatic rings. The molecule has 2 aromatic rings. The molecular formula is C14H11BrClN3O2. The Bertz CT molecular complexity index is 709. The van der Waals surface area contributed by atoms with E-state index in [1.54, 1.807) is 12.1 Å². The van der Waals surface area contributed by atoms with Crippen molar-refractivity contribution in [2.24, 2.45) is 0 Å². The molecule has 3 rings (SSSR count). The SMILES string of the molecule is O=C(Nc1cnc(Cl)c(Br)c1)c1cccc2c1OCCN2. The van der Waals surface area contributed by atoms with E-state index in [-0.39, 0.29) is 5.91 Å². The number of anilines is 2. The normalized spacial score (nSPS) is 12.9. The Morgan fingerprint density at radius 1 is 1.48 bits per heavy atom. The maximum atomic E-state index is 12.4. The first-order valence-corrected chi connectivity index (χ1v) is 7.44. The van der Waals surface area contributed by atoms with Gasteiger partial charge in [0.1, 0.15) is 11.8 Å². The Morgan fingerprint density at radius 3 is 3.14 bits per heavy atom. The molecule has 0 spiro atoms. The summed E-state index contributed by atoms with van der Waals surface area (Å²) >= 11 is 9.10. The summed E-state index contributed by atoms with van der Waals surface area (Å²) in [6, 6.07) is 7.11. The second kappa shape index (κ2) is 5.91. The van der Waals surface area contributed by atoms with Crippen LogP contribution in [0.1, 0.15) is 10.4 Å². The van der Waals surface area contributed by atoms with Crippen molar-refractivity contribution in [3.8, 4) is 5.75 Å². The zero-order valence-corrected chi connectivity index (χ0v) is 13.2. The third-order valence-corrected chi connectivity index (χ3v) is 4.11. The van der Waals surface area contributed by atoms with Gasteiger partial charge in [0.15, 0.2) is 5.75 Å². The molecule has 0 unspecified atom stereocenters. The van der Waals surface area contributed by atoms with Crippen LogP contribution >= 0.6 is 27.5 Å². The van der Waals surface area contributed by atoms with Gasteiger partial charge in [0.05, 0.1) is 27.6 Å². The minimum Gasteiger partial charge on any atom is -0.489 e. The fraction of sp³-hybridized carbons (Fsp3) is 0.143. The van der Waals surface area contributed by atoms with Crippen LogP contribution in [0.25, 0.3) is 0 Å². The van der Waals surface area contributed by atoms with Gasteiger partial charge in [0, 0.05) is 6.54 Å². The highest BCUT2D eigenvalue weighted by Crippen LogP contribution is 2.32. The van der Waals surface area contributed by atoms with Gasteiger partial charge < -0.3 is 15.4 Å². The number of carbonyl (C=O) groups is 1. The summed E-state index contributed by atoms with van der Waals surface area (Å²) in [5.74, 6) is 0.314. The van der Waals surface area contributed by atoms with Gasteiger partial charge in [-0.1, -0.05) is 17.7 Å². The van der Waals surface area contributed by atoms with Crippen LogP contribution in [0.5, 0.6) is 5.75 Å². The van der Waals surface area contributed by atoms with Gasteiger partial charge in [0.25, 0.3) is 5.91 Å². The van der Waals surface area contributed by atoms with Crippen molar-refractivity contribution in [2.75, 3.05) is 23.8 Å². The lowest BCUT2D eigenvalue weighted by molar-refractivity contribution is 0.102. The minimum atomic E-state index is -0.258. The number of pyridine rings is 1. The van der Waals surface area contributed by atoms with E-state index in [0.29, 0.717) is 33.2 Å². The molecule has 1 aromatic heterocycles. The molecule has 1 amide bonds. The van der Waals surface area contributed by atoms with Gasteiger partial charge in [-0.05, 0) is 34.1 Å². The first kappa shape index (κ1) is 14.2. The minimum absolute atomic E-state index is 0.258. The highest BCUT2D eigenvalue weighted by Gasteiger charge is 2.19. The molecule has 21 heavy (non-hydrogen) atoms. The molecule has 1 aliphatic heterocycles. The van der Waals surface area contributed by atoms with Gasteiger partial charge in [0.2, 0.25) is 0 Å². The summed E-state index contributed by atoms with van der Waals surface area (Å²) < 4.78 is 6.21.